The number of hydrogen-bond donors (Lipinski definition) is 1. The first-order chi connectivity index (χ1) is 9.52. The van der Waals surface area contributed by atoms with Crippen LogP contribution in [0.25, 0.3) is 0 Å². The van der Waals surface area contributed by atoms with Gasteiger partial charge in [0.2, 0.25) is 0 Å². The van der Waals surface area contributed by atoms with Gasteiger partial charge >= 0.3 is 5.97 Å². The number of likely N-dealkylation sites (N-methyl/N-ethyl adjacent to an activating group) is 1. The van der Waals surface area contributed by atoms with E-state index in [-0.39, 0.29) is 11.6 Å². The third-order valence-corrected chi connectivity index (χ3v) is 3.67. The van der Waals surface area contributed by atoms with Crippen LogP contribution in [-0.2, 0) is 0 Å². The molecule has 0 aromatic carbocycles. The molecule has 1 fully saturated rings. The van der Waals surface area contributed by atoms with E-state index in [9.17, 15) is 9.90 Å². The molecule has 0 unspecified atom stereocenters. The summed E-state index contributed by atoms with van der Waals surface area (Å²) in [6.07, 6.45) is 1.66. The maximum atomic E-state index is 11.4. The number of aromatic carboxylic acids is 1. The number of carboxylic acid groups (broad SMARTS) is 1. The molecule has 1 N–H and O–H groups in total. The van der Waals surface area contributed by atoms with Gasteiger partial charge in [-0.15, -0.1) is 0 Å². The van der Waals surface area contributed by atoms with Gasteiger partial charge in [0.25, 0.3) is 0 Å². The monoisotopic (exact) mass is 278 g/mol. The molecule has 0 amide bonds. The highest BCUT2D eigenvalue weighted by atomic mass is 16.4. The lowest BCUT2D eigenvalue weighted by atomic mass is 10.2. The van der Waals surface area contributed by atoms with Crippen LogP contribution in [-0.4, -0.2) is 58.7 Å². The summed E-state index contributed by atoms with van der Waals surface area (Å²) in [5.41, 5.74) is 0.756. The van der Waals surface area contributed by atoms with Gasteiger partial charge in [-0.1, -0.05) is 20.8 Å². The van der Waals surface area contributed by atoms with Crippen LogP contribution in [0.15, 0.2) is 6.20 Å². The fraction of sp³-hybridized carbons (Fsp3) is 0.643. The molecule has 0 radical (unpaired) electrons. The first-order valence-corrected chi connectivity index (χ1v) is 7.10. The highest BCUT2D eigenvalue weighted by molar-refractivity contribution is 5.92. The van der Waals surface area contributed by atoms with Gasteiger partial charge in [-0.2, -0.15) is 0 Å². The predicted molar refractivity (Wildman–Crippen MR) is 77.4 cm³/mol. The van der Waals surface area contributed by atoms with Crippen molar-refractivity contribution in [2.24, 2.45) is 0 Å². The van der Waals surface area contributed by atoms with Gasteiger partial charge in [-0.3, -0.25) is 0 Å². The van der Waals surface area contributed by atoms with Gasteiger partial charge < -0.3 is 14.9 Å². The Morgan fingerprint density at radius 1 is 1.35 bits per heavy atom. The molecular weight excluding hydrogens is 256 g/mol. The van der Waals surface area contributed by atoms with E-state index < -0.39 is 5.97 Å². The first-order valence-electron chi connectivity index (χ1n) is 7.10. The Hall–Kier alpha value is -1.69. The highest BCUT2D eigenvalue weighted by Gasteiger charge is 2.23. The van der Waals surface area contributed by atoms with E-state index in [2.05, 4.69) is 26.7 Å². The third kappa shape index (κ3) is 3.07. The number of anilines is 1. The molecule has 0 saturated carbocycles. The summed E-state index contributed by atoms with van der Waals surface area (Å²) in [4.78, 5) is 24.4. The Balaban J connectivity index is 2.25. The first kappa shape index (κ1) is 14.7. The summed E-state index contributed by atoms with van der Waals surface area (Å²) in [5, 5.41) is 9.37. The Labute approximate surface area is 119 Å². The number of nitrogens with zero attached hydrogens (tertiary/aromatic N) is 4. The third-order valence-electron chi connectivity index (χ3n) is 3.67. The molecule has 1 aliphatic heterocycles. The number of aromatic nitrogens is 2. The number of piperazine rings is 1. The molecule has 1 aliphatic rings. The summed E-state index contributed by atoms with van der Waals surface area (Å²) in [7, 11) is 0. The number of carbonyl (C=O) groups is 1. The molecule has 1 aromatic rings. The van der Waals surface area contributed by atoms with Gasteiger partial charge in [-0.05, 0) is 6.54 Å². The molecule has 1 saturated heterocycles. The van der Waals surface area contributed by atoms with E-state index in [0.29, 0.717) is 11.5 Å². The molecule has 6 heteroatoms. The van der Waals surface area contributed by atoms with E-state index in [1.165, 1.54) is 0 Å². The van der Waals surface area contributed by atoms with E-state index in [1.54, 1.807) is 6.20 Å². The minimum absolute atomic E-state index is 0.119. The quantitative estimate of drug-likeness (QED) is 0.898. The molecule has 0 atom stereocenters. The molecule has 6 nitrogen and oxygen atoms in total. The fourth-order valence-corrected chi connectivity index (χ4v) is 2.36. The van der Waals surface area contributed by atoms with Crippen LogP contribution in [0.3, 0.4) is 0 Å². The average Bonchev–Trinajstić information content (AvgIpc) is 2.46. The van der Waals surface area contributed by atoms with Crippen LogP contribution < -0.4 is 4.90 Å². The minimum Gasteiger partial charge on any atom is -0.476 e. The summed E-state index contributed by atoms with van der Waals surface area (Å²) in [6, 6.07) is 0. The van der Waals surface area contributed by atoms with Crippen LogP contribution in [0, 0.1) is 0 Å². The van der Waals surface area contributed by atoms with E-state index in [1.807, 2.05) is 13.8 Å². The van der Waals surface area contributed by atoms with Crippen molar-refractivity contribution in [3.8, 4) is 0 Å². The normalized spacial score (nSPS) is 16.7. The Kier molecular flexibility index (Phi) is 4.54. The van der Waals surface area contributed by atoms with E-state index in [0.717, 1.165) is 32.7 Å². The molecule has 2 heterocycles. The maximum Gasteiger partial charge on any atom is 0.356 e. The van der Waals surface area contributed by atoms with Crippen molar-refractivity contribution in [3.63, 3.8) is 0 Å². The highest BCUT2D eigenvalue weighted by Crippen LogP contribution is 2.21. The zero-order chi connectivity index (χ0) is 14.7. The largest absolute Gasteiger partial charge is 0.476 e. The standard InChI is InChI=1S/C14H22N4O2/c1-4-17-5-7-18(8-6-17)11-9-15-13(10(2)3)16-12(11)14(19)20/h9-10H,4-8H2,1-3H3,(H,19,20). The number of carboxylic acids is 1. The van der Waals surface area contributed by atoms with Crippen LogP contribution in [0.2, 0.25) is 0 Å². The van der Waals surface area contributed by atoms with E-state index >= 15 is 0 Å². The van der Waals surface area contributed by atoms with Crippen molar-refractivity contribution in [2.75, 3.05) is 37.6 Å². The smallest absolute Gasteiger partial charge is 0.356 e. The molecule has 20 heavy (non-hydrogen) atoms. The molecule has 0 bridgehead atoms. The predicted octanol–water partition coefficient (Wildman–Crippen LogP) is 1.44. The fourth-order valence-electron chi connectivity index (χ4n) is 2.36. The van der Waals surface area contributed by atoms with Gasteiger partial charge in [-0.25, -0.2) is 14.8 Å². The van der Waals surface area contributed by atoms with Gasteiger partial charge in [0.15, 0.2) is 5.69 Å². The van der Waals surface area contributed by atoms with Crippen LogP contribution >= 0.6 is 0 Å². The van der Waals surface area contributed by atoms with Crippen LogP contribution in [0.5, 0.6) is 0 Å². The van der Waals surface area contributed by atoms with Crippen LogP contribution in [0.1, 0.15) is 43.0 Å². The molecule has 0 aliphatic carbocycles. The van der Waals surface area contributed by atoms with E-state index in [4.69, 9.17) is 0 Å². The number of hydrogen-bond acceptors (Lipinski definition) is 5. The van der Waals surface area contributed by atoms with Gasteiger partial charge in [0.1, 0.15) is 5.82 Å². The minimum atomic E-state index is -0.984. The number of rotatable bonds is 4. The van der Waals surface area contributed by atoms with Gasteiger partial charge in [0, 0.05) is 32.1 Å². The SMILES string of the molecule is CCN1CCN(c2cnc(C(C)C)nc2C(=O)O)CC1. The lowest BCUT2D eigenvalue weighted by Crippen LogP contribution is -2.46. The van der Waals surface area contributed by atoms with Crippen molar-refractivity contribution >= 4 is 11.7 Å². The second-order valence-electron chi connectivity index (χ2n) is 5.34. The summed E-state index contributed by atoms with van der Waals surface area (Å²) in [6.45, 7) is 10.6. The summed E-state index contributed by atoms with van der Waals surface area (Å²) < 4.78 is 0. The van der Waals surface area contributed by atoms with Gasteiger partial charge in [0.05, 0.1) is 11.9 Å². The topological polar surface area (TPSA) is 69.6 Å². The average molecular weight is 278 g/mol. The Bertz CT molecular complexity index is 482. The molecule has 1 aromatic heterocycles. The van der Waals surface area contributed by atoms with Crippen molar-refractivity contribution < 1.29 is 9.90 Å². The molecule has 0 spiro atoms. The zero-order valence-corrected chi connectivity index (χ0v) is 12.3. The van der Waals surface area contributed by atoms with Crippen molar-refractivity contribution in [1.82, 2.24) is 14.9 Å². The maximum absolute atomic E-state index is 11.4. The summed E-state index contributed by atoms with van der Waals surface area (Å²) in [5.74, 6) is -0.278. The Morgan fingerprint density at radius 2 is 2.00 bits per heavy atom. The second-order valence-corrected chi connectivity index (χ2v) is 5.34. The van der Waals surface area contributed by atoms with Crippen molar-refractivity contribution in [3.05, 3.63) is 17.7 Å². The lowest BCUT2D eigenvalue weighted by Gasteiger charge is -2.35. The summed E-state index contributed by atoms with van der Waals surface area (Å²) >= 11 is 0. The van der Waals surface area contributed by atoms with Crippen molar-refractivity contribution in [1.29, 1.82) is 0 Å². The molecule has 2 rings (SSSR count). The zero-order valence-electron chi connectivity index (χ0n) is 12.3. The Morgan fingerprint density at radius 3 is 2.50 bits per heavy atom. The molecule has 110 valence electrons. The van der Waals surface area contributed by atoms with Crippen molar-refractivity contribution in [2.45, 2.75) is 26.7 Å². The lowest BCUT2D eigenvalue weighted by molar-refractivity contribution is 0.0690. The molecular formula is C14H22N4O2. The van der Waals surface area contributed by atoms with Crippen LogP contribution in [0.4, 0.5) is 5.69 Å². The second kappa shape index (κ2) is 6.17.